The number of nitrogens with two attached hydrogens (primary N) is 2. The van der Waals surface area contributed by atoms with E-state index in [0.29, 0.717) is 45.4 Å². The van der Waals surface area contributed by atoms with Crippen molar-refractivity contribution in [1.29, 1.82) is 0 Å². The summed E-state index contributed by atoms with van der Waals surface area (Å²) in [5.41, 5.74) is 9.44. The third-order valence-electron chi connectivity index (χ3n) is 15.3. The maximum Gasteiger partial charge on any atom is 0.303 e. The molecule has 0 radical (unpaired) electrons. The molecule has 0 aliphatic carbocycles. The predicted octanol–water partition coefficient (Wildman–Crippen LogP) is 4.72. The Labute approximate surface area is 366 Å². The number of nitrogens with zero attached hydrogens (tertiary/aromatic N) is 3. The lowest BCUT2D eigenvalue weighted by molar-refractivity contribution is -0.140. The van der Waals surface area contributed by atoms with Crippen LogP contribution >= 0.6 is 0 Å². The molecule has 5 rings (SSSR count). The fourth-order valence-electron chi connectivity index (χ4n) is 11.8. The zero-order valence-electron chi connectivity index (χ0n) is 37.3. The zero-order chi connectivity index (χ0) is 47.4. The second-order valence-corrected chi connectivity index (χ2v) is 19.6. The van der Waals surface area contributed by atoms with Crippen molar-refractivity contribution >= 4 is 58.8 Å². The van der Waals surface area contributed by atoms with Crippen LogP contribution in [-0.4, -0.2) is 95.9 Å². The van der Waals surface area contributed by atoms with Crippen molar-refractivity contribution in [3.63, 3.8) is 0 Å². The summed E-state index contributed by atoms with van der Waals surface area (Å²) >= 11 is 0. The number of carboxylic acid groups (broad SMARTS) is 5. The van der Waals surface area contributed by atoms with Gasteiger partial charge in [0.2, 0.25) is 11.8 Å². The number of hydrogen-bond acceptors (Lipinski definition) is 11. The number of carbonyl (C=O) groups is 7. The Bertz CT molecular complexity index is 2220. The van der Waals surface area contributed by atoms with E-state index in [1.807, 2.05) is 13.8 Å². The van der Waals surface area contributed by atoms with Crippen LogP contribution in [0.4, 0.5) is 0 Å². The molecule has 0 spiro atoms. The van der Waals surface area contributed by atoms with Crippen molar-refractivity contribution in [3.8, 4) is 0 Å². The standard InChI is InChI=1S/C45H62N6O12/c1-21-36-24(10-13-32(56)57)41(3,4)28(49-36)18-27-23(9-12-31(54)55)43(6,19-29(46)52)39(48-27)22(2)37-25(11-14-33(58)59)44(7,20-30(47)53)45(8,51-37)40-26(17-35(62)63)42(5,38(21)50-40)16-15-34(60)61/h18,23-26,40,48H,9-17,19-20H2,1-8H3,(H2,46,52)(H2,47,53)(H,54,55)(H,56,57)(H,58,59)(H,60,61)(H,62,63)/b27-18?,36-21-,39-22-/t23-,24-,25-,26+,40-,42-,43+,44+,45+/m1/s1. The first-order valence-electron chi connectivity index (χ1n) is 21.4. The molecule has 0 aromatic carbocycles. The summed E-state index contributed by atoms with van der Waals surface area (Å²) < 4.78 is 0. The van der Waals surface area contributed by atoms with Crippen molar-refractivity contribution < 1.29 is 59.1 Å². The number of aliphatic carboxylic acids is 5. The molecule has 5 aliphatic rings. The van der Waals surface area contributed by atoms with Crippen molar-refractivity contribution in [3.05, 3.63) is 34.3 Å². The van der Waals surface area contributed by atoms with E-state index in [9.17, 15) is 59.1 Å². The molecular formula is C45H62N6O12. The van der Waals surface area contributed by atoms with Gasteiger partial charge in [0.15, 0.2) is 0 Å². The van der Waals surface area contributed by atoms with Crippen LogP contribution in [0.5, 0.6) is 0 Å². The van der Waals surface area contributed by atoms with E-state index in [-0.39, 0.29) is 64.2 Å². The largest absolute Gasteiger partial charge is 0.481 e. The van der Waals surface area contributed by atoms with E-state index in [4.69, 9.17) is 26.4 Å². The molecule has 9 atom stereocenters. The number of allylic oxidation sites excluding steroid dienone is 6. The highest BCUT2D eigenvalue weighted by Gasteiger charge is 2.66. The molecule has 10 N–H and O–H groups in total. The zero-order valence-corrected chi connectivity index (χ0v) is 37.3. The maximum absolute atomic E-state index is 13.3. The van der Waals surface area contributed by atoms with Crippen LogP contribution in [-0.2, 0) is 33.6 Å². The number of carboxylic acids is 5. The number of rotatable bonds is 18. The van der Waals surface area contributed by atoms with Gasteiger partial charge in [0, 0.05) is 118 Å². The number of carbonyl (C=O) groups excluding carboxylic acids is 2. The molecule has 1 saturated heterocycles. The fourth-order valence-corrected chi connectivity index (χ4v) is 11.8. The van der Waals surface area contributed by atoms with Gasteiger partial charge in [0.25, 0.3) is 0 Å². The van der Waals surface area contributed by atoms with Gasteiger partial charge in [-0.2, -0.15) is 0 Å². The summed E-state index contributed by atoms with van der Waals surface area (Å²) in [5, 5.41) is 54.2. The van der Waals surface area contributed by atoms with Crippen molar-refractivity contribution in [2.75, 3.05) is 0 Å². The van der Waals surface area contributed by atoms with Gasteiger partial charge in [-0.05, 0) is 63.7 Å². The predicted molar refractivity (Wildman–Crippen MR) is 231 cm³/mol. The smallest absolute Gasteiger partial charge is 0.303 e. The average Bonchev–Trinajstić information content (AvgIpc) is 3.75. The molecule has 0 aromatic heterocycles. The Kier molecular flexibility index (Phi) is 13.1. The van der Waals surface area contributed by atoms with Gasteiger partial charge in [-0.25, -0.2) is 0 Å². The van der Waals surface area contributed by atoms with E-state index in [1.165, 1.54) is 0 Å². The second kappa shape index (κ2) is 17.1. The number of aliphatic imine (C=N–C) groups is 3. The minimum atomic E-state index is -1.52. The van der Waals surface area contributed by atoms with Crippen LogP contribution in [0.3, 0.4) is 0 Å². The summed E-state index contributed by atoms with van der Waals surface area (Å²) in [6, 6.07) is -1.07. The summed E-state index contributed by atoms with van der Waals surface area (Å²) in [6.45, 7) is 14.4. The van der Waals surface area contributed by atoms with Gasteiger partial charge in [-0.15, -0.1) is 0 Å². The topological polar surface area (TPSA) is 322 Å². The van der Waals surface area contributed by atoms with Crippen LogP contribution in [0.25, 0.3) is 0 Å². The second-order valence-electron chi connectivity index (χ2n) is 19.6. The van der Waals surface area contributed by atoms with Crippen molar-refractivity contribution in [2.24, 2.45) is 71.8 Å². The number of hydrogen-bond donors (Lipinski definition) is 8. The van der Waals surface area contributed by atoms with Crippen LogP contribution in [0.2, 0.25) is 0 Å². The average molecular weight is 879 g/mol. The first-order chi connectivity index (χ1) is 29.0. The van der Waals surface area contributed by atoms with Crippen molar-refractivity contribution in [1.82, 2.24) is 5.32 Å². The molecule has 63 heavy (non-hydrogen) atoms. The van der Waals surface area contributed by atoms with Gasteiger partial charge < -0.3 is 42.3 Å². The Morgan fingerprint density at radius 1 is 0.683 bits per heavy atom. The normalized spacial score (nSPS) is 35.3. The minimum absolute atomic E-state index is 0.0433. The molecule has 0 unspecified atom stereocenters. The Balaban J connectivity index is 2.03. The number of primary amides is 2. The van der Waals surface area contributed by atoms with Gasteiger partial charge >= 0.3 is 29.8 Å². The summed E-state index contributed by atoms with van der Waals surface area (Å²) in [5.74, 6) is -10.0. The molecular weight excluding hydrogens is 817 g/mol. The van der Waals surface area contributed by atoms with Crippen LogP contribution in [0.1, 0.15) is 126 Å². The Hall–Kier alpha value is -5.68. The monoisotopic (exact) mass is 878 g/mol. The number of nitrogens with one attached hydrogen (secondary N) is 1. The Morgan fingerprint density at radius 3 is 1.71 bits per heavy atom. The quantitative estimate of drug-likeness (QED) is 0.0925. The molecule has 2 amide bonds. The van der Waals surface area contributed by atoms with Crippen molar-refractivity contribution in [2.45, 2.75) is 138 Å². The SMILES string of the molecule is C/C1=C2/N=C(C=C3N/C(=C(/C)C4=N[C@@](C)([C@@H]5N=C1[C@](C)(CCC(=O)O)[C@H]5CC(=O)O)[C@@](C)(CC(N)=O)[C@@H]4CCC(=O)O)[C@@](C)(CC(N)=O)[C@@H]3CCC(=O)O)C(C)(C)[C@@H]2CCC(=O)O. The van der Waals surface area contributed by atoms with Crippen LogP contribution in [0.15, 0.2) is 49.3 Å². The molecule has 0 aromatic rings. The molecule has 0 saturated carbocycles. The summed E-state index contributed by atoms with van der Waals surface area (Å²) in [7, 11) is 0. The third kappa shape index (κ3) is 8.56. The molecule has 344 valence electrons. The van der Waals surface area contributed by atoms with Crippen LogP contribution in [0, 0.1) is 45.3 Å². The van der Waals surface area contributed by atoms with E-state index in [2.05, 4.69) is 5.32 Å². The maximum atomic E-state index is 13.3. The van der Waals surface area contributed by atoms with Gasteiger partial charge in [0.05, 0.1) is 18.0 Å². The summed E-state index contributed by atoms with van der Waals surface area (Å²) in [6.07, 6.45) is -0.470. The number of amides is 2. The summed E-state index contributed by atoms with van der Waals surface area (Å²) in [4.78, 5) is 104. The first-order valence-corrected chi connectivity index (χ1v) is 21.4. The highest BCUT2D eigenvalue weighted by atomic mass is 16.4. The fraction of sp³-hybridized carbons (Fsp3) is 0.644. The van der Waals surface area contributed by atoms with E-state index < -0.39 is 105 Å². The first kappa shape index (κ1) is 48.4. The van der Waals surface area contributed by atoms with E-state index in [0.717, 1.165) is 0 Å². The van der Waals surface area contributed by atoms with Crippen LogP contribution < -0.4 is 16.8 Å². The number of fused-ring (bicyclic) bond motifs is 6. The lowest BCUT2D eigenvalue weighted by Gasteiger charge is -2.48. The van der Waals surface area contributed by atoms with Gasteiger partial charge in [-0.1, -0.05) is 34.6 Å². The molecule has 5 heterocycles. The van der Waals surface area contributed by atoms with Gasteiger partial charge in [-0.3, -0.25) is 48.5 Å². The lowest BCUT2D eigenvalue weighted by Crippen LogP contribution is -2.55. The van der Waals surface area contributed by atoms with Gasteiger partial charge in [0.1, 0.15) is 0 Å². The van der Waals surface area contributed by atoms with E-state index in [1.54, 1.807) is 47.6 Å². The molecule has 18 nitrogen and oxygen atoms in total. The lowest BCUT2D eigenvalue weighted by atomic mass is 9.55. The molecule has 8 bridgehead atoms. The Morgan fingerprint density at radius 2 is 1.21 bits per heavy atom. The molecule has 1 fully saturated rings. The van der Waals surface area contributed by atoms with E-state index >= 15 is 0 Å². The highest BCUT2D eigenvalue weighted by Crippen LogP contribution is 2.62. The highest BCUT2D eigenvalue weighted by molar-refractivity contribution is 6.10. The molecule has 5 aliphatic heterocycles. The molecule has 18 heteroatoms. The third-order valence-corrected chi connectivity index (χ3v) is 15.3. The minimum Gasteiger partial charge on any atom is -0.481 e.